The van der Waals surface area contributed by atoms with Crippen molar-refractivity contribution in [2.45, 2.75) is 19.8 Å². The monoisotopic (exact) mass is 328 g/mol. The number of ether oxygens (including phenoxy) is 3. The van der Waals surface area contributed by atoms with E-state index in [9.17, 15) is 9.90 Å². The van der Waals surface area contributed by atoms with Gasteiger partial charge in [0.2, 0.25) is 0 Å². The van der Waals surface area contributed by atoms with E-state index >= 15 is 0 Å². The maximum Gasteiger partial charge on any atom is 0.310 e. The lowest BCUT2D eigenvalue weighted by atomic mass is 10.0. The van der Waals surface area contributed by atoms with Crippen molar-refractivity contribution in [3.63, 3.8) is 0 Å². The van der Waals surface area contributed by atoms with Crippen molar-refractivity contribution < 1.29 is 24.1 Å². The Morgan fingerprint density at radius 1 is 1.08 bits per heavy atom. The number of phenolic OH excluding ortho intramolecular Hbond substituents is 1. The van der Waals surface area contributed by atoms with Gasteiger partial charge in [0.1, 0.15) is 19.0 Å². The van der Waals surface area contributed by atoms with Gasteiger partial charge < -0.3 is 19.3 Å². The summed E-state index contributed by atoms with van der Waals surface area (Å²) in [5, 5.41) is 10.2. The zero-order chi connectivity index (χ0) is 16.9. The Hall–Kier alpha value is -2.69. The highest BCUT2D eigenvalue weighted by molar-refractivity contribution is 5.72. The molecule has 0 saturated carbocycles. The third-order valence-corrected chi connectivity index (χ3v) is 3.81. The Kier molecular flexibility index (Phi) is 4.89. The number of rotatable bonds is 5. The second kappa shape index (κ2) is 7.25. The van der Waals surface area contributed by atoms with Crippen LogP contribution in [-0.2, 0) is 22.4 Å². The molecule has 1 aliphatic heterocycles. The Morgan fingerprint density at radius 2 is 1.71 bits per heavy atom. The molecule has 24 heavy (non-hydrogen) atoms. The quantitative estimate of drug-likeness (QED) is 0.855. The average molecular weight is 328 g/mol. The molecule has 1 heterocycles. The van der Waals surface area contributed by atoms with Crippen molar-refractivity contribution >= 4 is 5.97 Å². The fraction of sp³-hybridized carbons (Fsp3) is 0.316. The normalized spacial score (nSPS) is 12.7. The third-order valence-electron chi connectivity index (χ3n) is 3.81. The van der Waals surface area contributed by atoms with Gasteiger partial charge in [0.05, 0.1) is 13.0 Å². The topological polar surface area (TPSA) is 65.0 Å². The molecule has 0 bridgehead atoms. The number of benzene rings is 2. The molecule has 0 aliphatic carbocycles. The van der Waals surface area contributed by atoms with E-state index in [4.69, 9.17) is 14.2 Å². The molecule has 126 valence electrons. The van der Waals surface area contributed by atoms with Crippen LogP contribution in [0.2, 0.25) is 0 Å². The summed E-state index contributed by atoms with van der Waals surface area (Å²) in [4.78, 5) is 11.5. The highest BCUT2D eigenvalue weighted by Gasteiger charge is 2.15. The zero-order valence-electron chi connectivity index (χ0n) is 13.6. The van der Waals surface area contributed by atoms with Crippen molar-refractivity contribution in [2.24, 2.45) is 0 Å². The predicted octanol–water partition coefficient (Wildman–Crippen LogP) is 2.86. The second-order valence-corrected chi connectivity index (χ2v) is 5.60. The van der Waals surface area contributed by atoms with Crippen LogP contribution in [0.5, 0.6) is 17.2 Å². The molecular formula is C19H20O5. The number of aromatic hydroxyl groups is 1. The van der Waals surface area contributed by atoms with Gasteiger partial charge in [-0.2, -0.15) is 0 Å². The Balaban J connectivity index is 1.71. The summed E-state index contributed by atoms with van der Waals surface area (Å²) in [7, 11) is 0. The first kappa shape index (κ1) is 16.2. The van der Waals surface area contributed by atoms with Crippen molar-refractivity contribution in [3.05, 3.63) is 53.1 Å². The second-order valence-electron chi connectivity index (χ2n) is 5.60. The van der Waals surface area contributed by atoms with Gasteiger partial charge in [-0.05, 0) is 24.1 Å². The largest absolute Gasteiger partial charge is 0.508 e. The SMILES string of the molecule is CCOC(=O)Cc1ccc(Cc2cc3c(cc2O)OCCO3)cc1. The molecule has 0 fully saturated rings. The molecule has 0 radical (unpaired) electrons. The van der Waals surface area contributed by atoms with E-state index in [0.29, 0.717) is 37.7 Å². The van der Waals surface area contributed by atoms with E-state index in [1.165, 1.54) is 0 Å². The van der Waals surface area contributed by atoms with Crippen LogP contribution in [0.15, 0.2) is 36.4 Å². The summed E-state index contributed by atoms with van der Waals surface area (Å²) in [5.74, 6) is 1.20. The number of esters is 1. The van der Waals surface area contributed by atoms with Crippen LogP contribution in [0.25, 0.3) is 0 Å². The van der Waals surface area contributed by atoms with Gasteiger partial charge in [0.25, 0.3) is 0 Å². The number of hydrogen-bond donors (Lipinski definition) is 1. The first-order valence-electron chi connectivity index (χ1n) is 8.00. The van der Waals surface area contributed by atoms with E-state index in [-0.39, 0.29) is 18.1 Å². The van der Waals surface area contributed by atoms with Gasteiger partial charge in [0.15, 0.2) is 11.5 Å². The van der Waals surface area contributed by atoms with Gasteiger partial charge in [-0.1, -0.05) is 24.3 Å². The predicted molar refractivity (Wildman–Crippen MR) is 88.7 cm³/mol. The standard InChI is InChI=1S/C19H20O5/c1-2-22-19(21)10-14-5-3-13(4-6-14)9-15-11-17-18(12-16(15)20)24-8-7-23-17/h3-6,11-12,20H,2,7-10H2,1H3. The van der Waals surface area contributed by atoms with Gasteiger partial charge in [-0.15, -0.1) is 0 Å². The van der Waals surface area contributed by atoms with Crippen LogP contribution < -0.4 is 9.47 Å². The summed E-state index contributed by atoms with van der Waals surface area (Å²) < 4.78 is 16.0. The summed E-state index contributed by atoms with van der Waals surface area (Å²) in [6.07, 6.45) is 0.839. The van der Waals surface area contributed by atoms with Crippen molar-refractivity contribution in [1.29, 1.82) is 0 Å². The average Bonchev–Trinajstić information content (AvgIpc) is 2.57. The lowest BCUT2D eigenvalue weighted by molar-refractivity contribution is -0.142. The molecule has 0 spiro atoms. The van der Waals surface area contributed by atoms with E-state index in [1.54, 1.807) is 13.0 Å². The molecule has 2 aromatic rings. The number of carbonyl (C=O) groups is 1. The van der Waals surface area contributed by atoms with E-state index in [0.717, 1.165) is 16.7 Å². The van der Waals surface area contributed by atoms with Gasteiger partial charge in [-0.3, -0.25) is 4.79 Å². The highest BCUT2D eigenvalue weighted by Crippen LogP contribution is 2.37. The van der Waals surface area contributed by atoms with Gasteiger partial charge >= 0.3 is 5.97 Å². The number of fused-ring (bicyclic) bond motifs is 1. The molecule has 2 aromatic carbocycles. The van der Waals surface area contributed by atoms with E-state index in [2.05, 4.69) is 0 Å². The van der Waals surface area contributed by atoms with Crippen LogP contribution in [0.3, 0.4) is 0 Å². The minimum Gasteiger partial charge on any atom is -0.508 e. The maximum atomic E-state index is 11.5. The summed E-state index contributed by atoms with van der Waals surface area (Å²) in [6.45, 7) is 3.19. The van der Waals surface area contributed by atoms with Crippen LogP contribution in [0, 0.1) is 0 Å². The van der Waals surface area contributed by atoms with Crippen LogP contribution in [-0.4, -0.2) is 30.9 Å². The molecule has 5 nitrogen and oxygen atoms in total. The van der Waals surface area contributed by atoms with Gasteiger partial charge in [0, 0.05) is 18.1 Å². The number of phenols is 1. The third kappa shape index (κ3) is 3.79. The first-order valence-corrected chi connectivity index (χ1v) is 8.00. The zero-order valence-corrected chi connectivity index (χ0v) is 13.6. The fourth-order valence-electron chi connectivity index (χ4n) is 2.64. The number of carbonyl (C=O) groups excluding carboxylic acids is 1. The molecule has 0 saturated heterocycles. The van der Waals surface area contributed by atoms with Gasteiger partial charge in [-0.25, -0.2) is 0 Å². The van der Waals surface area contributed by atoms with Crippen LogP contribution in [0.4, 0.5) is 0 Å². The van der Waals surface area contributed by atoms with Crippen molar-refractivity contribution in [1.82, 2.24) is 0 Å². The van der Waals surface area contributed by atoms with E-state index in [1.807, 2.05) is 30.3 Å². The summed E-state index contributed by atoms with van der Waals surface area (Å²) in [5.41, 5.74) is 2.72. The number of hydrogen-bond acceptors (Lipinski definition) is 5. The smallest absolute Gasteiger partial charge is 0.310 e. The molecular weight excluding hydrogens is 308 g/mol. The Morgan fingerprint density at radius 3 is 2.38 bits per heavy atom. The molecule has 0 atom stereocenters. The molecule has 0 unspecified atom stereocenters. The lowest BCUT2D eigenvalue weighted by Crippen LogP contribution is -2.15. The molecule has 0 amide bonds. The minimum absolute atomic E-state index is 0.190. The first-order chi connectivity index (χ1) is 11.7. The van der Waals surface area contributed by atoms with Crippen LogP contribution in [0.1, 0.15) is 23.6 Å². The maximum absolute atomic E-state index is 11.5. The molecule has 5 heteroatoms. The molecule has 0 aromatic heterocycles. The summed E-state index contributed by atoms with van der Waals surface area (Å²) in [6, 6.07) is 11.1. The molecule has 1 aliphatic rings. The molecule has 3 rings (SSSR count). The molecule has 1 N–H and O–H groups in total. The fourth-order valence-corrected chi connectivity index (χ4v) is 2.64. The highest BCUT2D eigenvalue weighted by atomic mass is 16.6. The minimum atomic E-state index is -0.227. The van der Waals surface area contributed by atoms with Crippen molar-refractivity contribution in [3.8, 4) is 17.2 Å². The van der Waals surface area contributed by atoms with E-state index < -0.39 is 0 Å². The van der Waals surface area contributed by atoms with Crippen molar-refractivity contribution in [2.75, 3.05) is 19.8 Å². The Labute approximate surface area is 140 Å². The van der Waals surface area contributed by atoms with Crippen LogP contribution >= 0.6 is 0 Å². The summed E-state index contributed by atoms with van der Waals surface area (Å²) >= 11 is 0. The Bertz CT molecular complexity index is 721. The lowest BCUT2D eigenvalue weighted by Gasteiger charge is -2.19.